The molecular weight excluding hydrogens is 354 g/mol. The van der Waals surface area contributed by atoms with Crippen molar-refractivity contribution in [3.63, 3.8) is 0 Å². The van der Waals surface area contributed by atoms with Crippen molar-refractivity contribution in [1.29, 1.82) is 0 Å². The predicted molar refractivity (Wildman–Crippen MR) is 113 cm³/mol. The lowest BCUT2D eigenvalue weighted by molar-refractivity contribution is 0.293. The fourth-order valence-corrected chi connectivity index (χ4v) is 3.95. The van der Waals surface area contributed by atoms with E-state index in [9.17, 15) is 0 Å². The van der Waals surface area contributed by atoms with E-state index in [1.807, 2.05) is 24.3 Å². The smallest absolute Gasteiger partial charge is 0.174 e. The Balaban J connectivity index is 1.67. The van der Waals surface area contributed by atoms with Crippen molar-refractivity contribution in [3.05, 3.63) is 83.7 Å². The Hall–Kier alpha value is -2.79. The van der Waals surface area contributed by atoms with Crippen LogP contribution in [0.4, 0.5) is 5.69 Å². The molecule has 0 bridgehead atoms. The van der Waals surface area contributed by atoms with Crippen molar-refractivity contribution in [3.8, 4) is 5.75 Å². The molecule has 1 aromatic heterocycles. The average molecular weight is 378 g/mol. The lowest BCUT2D eigenvalue weighted by atomic mass is 10.00. The number of rotatable bonds is 3. The largest absolute Gasteiger partial charge is 0.497 e. The van der Waals surface area contributed by atoms with Gasteiger partial charge in [-0.05, 0) is 60.6 Å². The fraction of sp³-hybridized carbons (Fsp3) is 0.227. The Morgan fingerprint density at radius 3 is 2.56 bits per heavy atom. The monoisotopic (exact) mass is 377 g/mol. The van der Waals surface area contributed by atoms with Gasteiger partial charge in [0, 0.05) is 30.7 Å². The Morgan fingerprint density at radius 1 is 1.04 bits per heavy atom. The number of nitrogens with zero attached hydrogens (tertiary/aromatic N) is 2. The molecule has 0 aliphatic carbocycles. The molecule has 0 saturated carbocycles. The number of hydrogen-bond donors (Lipinski definition) is 1. The lowest BCUT2D eigenvalue weighted by Gasteiger charge is -2.39. The molecule has 0 spiro atoms. The van der Waals surface area contributed by atoms with E-state index < -0.39 is 0 Å². The summed E-state index contributed by atoms with van der Waals surface area (Å²) in [6, 6.07) is 20.8. The first-order chi connectivity index (χ1) is 13.2. The third-order valence-corrected chi connectivity index (χ3v) is 5.45. The van der Waals surface area contributed by atoms with Gasteiger partial charge >= 0.3 is 0 Å². The quantitative estimate of drug-likeness (QED) is 0.675. The number of ether oxygens (including phenoxy) is 1. The van der Waals surface area contributed by atoms with Crippen LogP contribution in [0.15, 0.2) is 66.9 Å². The maximum Gasteiger partial charge on any atom is 0.174 e. The molecule has 1 N–H and O–H groups in total. The molecule has 27 heavy (non-hydrogen) atoms. The summed E-state index contributed by atoms with van der Waals surface area (Å²) in [4.78, 5) is 2.28. The summed E-state index contributed by atoms with van der Waals surface area (Å²) in [5, 5.41) is 4.20. The summed E-state index contributed by atoms with van der Waals surface area (Å²) in [5.41, 5.74) is 4.68. The first-order valence-electron chi connectivity index (χ1n) is 9.09. The zero-order valence-corrected chi connectivity index (χ0v) is 16.4. The topological polar surface area (TPSA) is 29.4 Å². The first-order valence-corrected chi connectivity index (χ1v) is 9.50. The lowest BCUT2D eigenvalue weighted by Crippen LogP contribution is -2.44. The Morgan fingerprint density at radius 2 is 1.81 bits per heavy atom. The molecule has 138 valence electrons. The van der Waals surface area contributed by atoms with Crippen molar-refractivity contribution >= 4 is 23.0 Å². The van der Waals surface area contributed by atoms with Gasteiger partial charge in [-0.3, -0.25) is 0 Å². The highest BCUT2D eigenvalue weighted by molar-refractivity contribution is 7.80. The van der Waals surface area contributed by atoms with Gasteiger partial charge in [-0.15, -0.1) is 0 Å². The SMILES string of the molecule is COc1ccc(C2c3cccn3CCN2C(=S)Nc2ccccc2C)cc1. The summed E-state index contributed by atoms with van der Waals surface area (Å²) < 4.78 is 7.63. The molecule has 1 aliphatic heterocycles. The van der Waals surface area contributed by atoms with Gasteiger partial charge in [-0.2, -0.15) is 0 Å². The van der Waals surface area contributed by atoms with Gasteiger partial charge in [0.25, 0.3) is 0 Å². The highest BCUT2D eigenvalue weighted by Gasteiger charge is 2.30. The maximum atomic E-state index is 5.83. The Kier molecular flexibility index (Phi) is 4.86. The van der Waals surface area contributed by atoms with Gasteiger partial charge in [-0.1, -0.05) is 30.3 Å². The predicted octanol–water partition coefficient (Wildman–Crippen LogP) is 4.61. The van der Waals surface area contributed by atoms with Gasteiger partial charge in [-0.25, -0.2) is 0 Å². The number of fused-ring (bicyclic) bond motifs is 1. The van der Waals surface area contributed by atoms with Crippen molar-refractivity contribution in [2.24, 2.45) is 0 Å². The van der Waals surface area contributed by atoms with E-state index in [0.29, 0.717) is 0 Å². The van der Waals surface area contributed by atoms with Crippen LogP contribution < -0.4 is 10.1 Å². The van der Waals surface area contributed by atoms with Crippen LogP contribution in [-0.2, 0) is 6.54 Å². The van der Waals surface area contributed by atoms with Gasteiger partial charge < -0.3 is 19.5 Å². The molecule has 1 unspecified atom stereocenters. The van der Waals surface area contributed by atoms with Crippen LogP contribution in [0, 0.1) is 6.92 Å². The molecule has 0 fully saturated rings. The van der Waals surface area contributed by atoms with Crippen LogP contribution in [-0.4, -0.2) is 28.2 Å². The average Bonchev–Trinajstić information content (AvgIpc) is 3.18. The first kappa shape index (κ1) is 17.6. The number of aryl methyl sites for hydroxylation is 1. The van der Waals surface area contributed by atoms with Gasteiger partial charge in [0.2, 0.25) is 0 Å². The standard InChI is InChI=1S/C22H23N3OS/c1-16-6-3-4-7-19(16)23-22(27)25-15-14-24-13-5-8-20(24)21(25)17-9-11-18(26-2)12-10-17/h3-13,21H,14-15H2,1-2H3,(H,23,27). The molecule has 0 radical (unpaired) electrons. The highest BCUT2D eigenvalue weighted by Crippen LogP contribution is 2.34. The Labute approximate surface area is 165 Å². The number of methoxy groups -OCH3 is 1. The van der Waals surface area contributed by atoms with Crippen molar-refractivity contribution in [2.45, 2.75) is 19.5 Å². The number of thiocarbonyl (C=S) groups is 1. The zero-order valence-electron chi connectivity index (χ0n) is 15.6. The molecule has 2 heterocycles. The van der Waals surface area contributed by atoms with E-state index in [1.54, 1.807) is 7.11 Å². The van der Waals surface area contributed by atoms with Crippen molar-refractivity contribution in [1.82, 2.24) is 9.47 Å². The van der Waals surface area contributed by atoms with Crippen LogP contribution in [0.25, 0.3) is 0 Å². The molecule has 0 saturated heterocycles. The third-order valence-electron chi connectivity index (χ3n) is 5.12. The van der Waals surface area contributed by atoms with Crippen molar-refractivity contribution < 1.29 is 4.74 Å². The van der Waals surface area contributed by atoms with E-state index in [-0.39, 0.29) is 6.04 Å². The number of aromatic nitrogens is 1. The fourth-order valence-electron chi connectivity index (χ4n) is 3.64. The number of hydrogen-bond acceptors (Lipinski definition) is 2. The minimum absolute atomic E-state index is 0.0728. The van der Waals surface area contributed by atoms with E-state index in [2.05, 4.69) is 64.3 Å². The molecule has 0 amide bonds. The van der Waals surface area contributed by atoms with Crippen LogP contribution in [0.1, 0.15) is 22.9 Å². The molecule has 1 atom stereocenters. The minimum atomic E-state index is 0.0728. The van der Waals surface area contributed by atoms with E-state index in [4.69, 9.17) is 17.0 Å². The zero-order chi connectivity index (χ0) is 18.8. The summed E-state index contributed by atoms with van der Waals surface area (Å²) in [6.45, 7) is 3.87. The second-order valence-electron chi connectivity index (χ2n) is 6.74. The van der Waals surface area contributed by atoms with Crippen LogP contribution in [0.5, 0.6) is 5.75 Å². The summed E-state index contributed by atoms with van der Waals surface area (Å²) in [6.07, 6.45) is 2.14. The molecule has 2 aromatic carbocycles. The molecule has 5 heteroatoms. The molecule has 4 nitrogen and oxygen atoms in total. The maximum absolute atomic E-state index is 5.83. The summed E-state index contributed by atoms with van der Waals surface area (Å²) in [5.74, 6) is 0.858. The van der Waals surface area contributed by atoms with E-state index >= 15 is 0 Å². The van der Waals surface area contributed by atoms with Crippen LogP contribution in [0.2, 0.25) is 0 Å². The molecule has 3 aromatic rings. The highest BCUT2D eigenvalue weighted by atomic mass is 32.1. The van der Waals surface area contributed by atoms with Crippen LogP contribution in [0.3, 0.4) is 0 Å². The third kappa shape index (κ3) is 3.43. The second kappa shape index (κ2) is 7.45. The van der Waals surface area contributed by atoms with Gasteiger partial charge in [0.15, 0.2) is 5.11 Å². The number of para-hydroxylation sites is 1. The second-order valence-corrected chi connectivity index (χ2v) is 7.13. The summed E-state index contributed by atoms with van der Waals surface area (Å²) >= 11 is 5.83. The Bertz CT molecular complexity index is 948. The van der Waals surface area contributed by atoms with Gasteiger partial charge in [0.05, 0.1) is 13.2 Å². The normalized spacial score (nSPS) is 15.9. The van der Waals surface area contributed by atoms with Crippen LogP contribution >= 0.6 is 12.2 Å². The number of nitrogens with one attached hydrogen (secondary N) is 1. The van der Waals surface area contributed by atoms with E-state index in [0.717, 1.165) is 29.6 Å². The molecular formula is C22H23N3OS. The summed E-state index contributed by atoms with van der Waals surface area (Å²) in [7, 11) is 1.69. The molecule has 4 rings (SSSR count). The number of benzene rings is 2. The minimum Gasteiger partial charge on any atom is -0.497 e. The van der Waals surface area contributed by atoms with Crippen molar-refractivity contribution in [2.75, 3.05) is 19.0 Å². The molecule has 1 aliphatic rings. The van der Waals surface area contributed by atoms with E-state index in [1.165, 1.54) is 16.8 Å². The van der Waals surface area contributed by atoms with Gasteiger partial charge in [0.1, 0.15) is 5.75 Å². The number of anilines is 1.